The van der Waals surface area contributed by atoms with Gasteiger partial charge >= 0.3 is 5.97 Å². The average molecular weight is 223 g/mol. The Kier molecular flexibility index (Phi) is 2.99. The first-order valence-corrected chi connectivity index (χ1v) is 5.76. The molecular weight excluding hydrogens is 206 g/mol. The molecule has 2 unspecified atom stereocenters. The van der Waals surface area contributed by atoms with Crippen LogP contribution in [0.2, 0.25) is 0 Å². The quantitative estimate of drug-likeness (QED) is 0.714. The van der Waals surface area contributed by atoms with Gasteiger partial charge in [-0.1, -0.05) is 18.9 Å². The van der Waals surface area contributed by atoms with E-state index < -0.39 is 12.0 Å². The van der Waals surface area contributed by atoms with E-state index in [1.807, 2.05) is 0 Å². The Bertz CT molecular complexity index is 322. The molecular formula is C12H17NO3. The molecule has 2 aliphatic rings. The Morgan fingerprint density at radius 1 is 1.62 bits per heavy atom. The van der Waals surface area contributed by atoms with Crippen LogP contribution in [-0.4, -0.2) is 34.5 Å². The molecule has 1 heterocycles. The van der Waals surface area contributed by atoms with Crippen LogP contribution in [0.5, 0.6) is 0 Å². The number of carbonyl (C=O) groups is 2. The maximum absolute atomic E-state index is 11.7. The first-order chi connectivity index (χ1) is 7.61. The predicted octanol–water partition coefficient (Wildman–Crippen LogP) is 1.27. The Labute approximate surface area is 94.9 Å². The van der Waals surface area contributed by atoms with Crippen molar-refractivity contribution in [2.75, 3.05) is 6.54 Å². The number of carboxylic acids is 1. The molecule has 1 saturated heterocycles. The summed E-state index contributed by atoms with van der Waals surface area (Å²) < 4.78 is 0. The first-order valence-electron chi connectivity index (χ1n) is 5.76. The highest BCUT2D eigenvalue weighted by Gasteiger charge is 2.39. The van der Waals surface area contributed by atoms with Crippen molar-refractivity contribution in [2.45, 2.75) is 31.7 Å². The lowest BCUT2D eigenvalue weighted by Gasteiger charge is -2.24. The Morgan fingerprint density at radius 3 is 2.75 bits per heavy atom. The number of hydrogen-bond donors (Lipinski definition) is 1. The fourth-order valence-electron chi connectivity index (χ4n) is 2.25. The second kappa shape index (κ2) is 4.28. The van der Waals surface area contributed by atoms with Crippen molar-refractivity contribution in [3.05, 3.63) is 12.7 Å². The van der Waals surface area contributed by atoms with Crippen LogP contribution in [0.1, 0.15) is 25.7 Å². The van der Waals surface area contributed by atoms with Gasteiger partial charge in [-0.3, -0.25) is 4.79 Å². The fourth-order valence-corrected chi connectivity index (χ4v) is 2.25. The van der Waals surface area contributed by atoms with E-state index in [9.17, 15) is 9.59 Å². The molecule has 1 aliphatic carbocycles. The number of likely N-dealkylation sites (tertiary alicyclic amines) is 1. The zero-order valence-corrected chi connectivity index (χ0v) is 9.26. The Morgan fingerprint density at radius 2 is 2.31 bits per heavy atom. The van der Waals surface area contributed by atoms with Crippen molar-refractivity contribution in [1.29, 1.82) is 0 Å². The SMILES string of the molecule is C=CC1CC(=O)N(C(CC2CC2)C(=O)O)C1. The van der Waals surface area contributed by atoms with Gasteiger partial charge in [-0.05, 0) is 12.3 Å². The van der Waals surface area contributed by atoms with Crippen LogP contribution in [0.4, 0.5) is 0 Å². The molecule has 4 nitrogen and oxygen atoms in total. The highest BCUT2D eigenvalue weighted by atomic mass is 16.4. The number of carboxylic acid groups (broad SMARTS) is 1. The maximum Gasteiger partial charge on any atom is 0.326 e. The number of aliphatic carboxylic acids is 1. The van der Waals surface area contributed by atoms with Crippen molar-refractivity contribution in [3.8, 4) is 0 Å². The number of amides is 1. The van der Waals surface area contributed by atoms with Crippen LogP contribution in [-0.2, 0) is 9.59 Å². The highest BCUT2D eigenvalue weighted by Crippen LogP contribution is 2.36. The second-order valence-electron chi connectivity index (χ2n) is 4.78. The monoisotopic (exact) mass is 223 g/mol. The van der Waals surface area contributed by atoms with Gasteiger partial charge in [0.15, 0.2) is 0 Å². The third kappa shape index (κ3) is 2.26. The molecule has 4 heteroatoms. The molecule has 2 rings (SSSR count). The van der Waals surface area contributed by atoms with Gasteiger partial charge in [0.25, 0.3) is 0 Å². The smallest absolute Gasteiger partial charge is 0.326 e. The van der Waals surface area contributed by atoms with Gasteiger partial charge in [0, 0.05) is 18.9 Å². The van der Waals surface area contributed by atoms with Crippen molar-refractivity contribution in [1.82, 2.24) is 4.90 Å². The van der Waals surface area contributed by atoms with Crippen LogP contribution < -0.4 is 0 Å². The van der Waals surface area contributed by atoms with Gasteiger partial charge in [0.1, 0.15) is 6.04 Å². The summed E-state index contributed by atoms with van der Waals surface area (Å²) in [6.07, 6.45) is 4.99. The van der Waals surface area contributed by atoms with Crippen molar-refractivity contribution in [2.24, 2.45) is 11.8 Å². The minimum Gasteiger partial charge on any atom is -0.480 e. The standard InChI is InChI=1S/C12H17NO3/c1-2-8-6-11(14)13(7-8)10(12(15)16)5-9-3-4-9/h2,8-10H,1,3-7H2,(H,15,16). The predicted molar refractivity (Wildman–Crippen MR) is 58.8 cm³/mol. The van der Waals surface area contributed by atoms with Gasteiger partial charge in [-0.2, -0.15) is 0 Å². The molecule has 2 atom stereocenters. The van der Waals surface area contributed by atoms with Crippen LogP contribution in [0.3, 0.4) is 0 Å². The lowest BCUT2D eigenvalue weighted by Crippen LogP contribution is -2.42. The molecule has 0 spiro atoms. The summed E-state index contributed by atoms with van der Waals surface area (Å²) in [6, 6.07) is -0.620. The first kappa shape index (κ1) is 11.2. The van der Waals surface area contributed by atoms with Gasteiger partial charge < -0.3 is 10.0 Å². The third-order valence-electron chi connectivity index (χ3n) is 3.44. The van der Waals surface area contributed by atoms with E-state index in [0.29, 0.717) is 25.3 Å². The summed E-state index contributed by atoms with van der Waals surface area (Å²) in [6.45, 7) is 4.18. The summed E-state index contributed by atoms with van der Waals surface area (Å²) in [5, 5.41) is 9.17. The lowest BCUT2D eigenvalue weighted by molar-refractivity contribution is -0.148. The van der Waals surface area contributed by atoms with Crippen LogP contribution >= 0.6 is 0 Å². The van der Waals surface area contributed by atoms with Crippen LogP contribution in [0.25, 0.3) is 0 Å². The van der Waals surface area contributed by atoms with Gasteiger partial charge in [-0.25, -0.2) is 4.79 Å². The number of carbonyl (C=O) groups excluding carboxylic acids is 1. The molecule has 1 N–H and O–H groups in total. The summed E-state index contributed by atoms with van der Waals surface area (Å²) in [4.78, 5) is 24.4. The zero-order chi connectivity index (χ0) is 11.7. The molecule has 0 bridgehead atoms. The van der Waals surface area contributed by atoms with Crippen LogP contribution in [0, 0.1) is 11.8 Å². The van der Waals surface area contributed by atoms with E-state index in [-0.39, 0.29) is 11.8 Å². The minimum absolute atomic E-state index is 0.0436. The average Bonchev–Trinajstić information content (AvgIpc) is 2.98. The number of rotatable bonds is 5. The van der Waals surface area contributed by atoms with Gasteiger partial charge in [-0.15, -0.1) is 6.58 Å². The molecule has 0 radical (unpaired) electrons. The van der Waals surface area contributed by atoms with E-state index in [4.69, 9.17) is 5.11 Å². The Hall–Kier alpha value is -1.32. The number of nitrogens with zero attached hydrogens (tertiary/aromatic N) is 1. The molecule has 0 aromatic rings. The van der Waals surface area contributed by atoms with Crippen molar-refractivity contribution >= 4 is 11.9 Å². The molecule has 88 valence electrons. The number of hydrogen-bond acceptors (Lipinski definition) is 2. The molecule has 2 fully saturated rings. The van der Waals surface area contributed by atoms with Gasteiger partial charge in [0.2, 0.25) is 5.91 Å². The molecule has 0 aromatic carbocycles. The van der Waals surface area contributed by atoms with E-state index in [2.05, 4.69) is 6.58 Å². The normalized spacial score (nSPS) is 26.9. The largest absolute Gasteiger partial charge is 0.480 e. The molecule has 0 aromatic heterocycles. The minimum atomic E-state index is -0.870. The molecule has 1 amide bonds. The fraction of sp³-hybridized carbons (Fsp3) is 0.667. The summed E-state index contributed by atoms with van der Waals surface area (Å²) in [7, 11) is 0. The van der Waals surface area contributed by atoms with E-state index >= 15 is 0 Å². The summed E-state index contributed by atoms with van der Waals surface area (Å²) in [5.41, 5.74) is 0. The molecule has 1 saturated carbocycles. The highest BCUT2D eigenvalue weighted by molar-refractivity contribution is 5.85. The van der Waals surface area contributed by atoms with E-state index in [1.165, 1.54) is 4.90 Å². The second-order valence-corrected chi connectivity index (χ2v) is 4.78. The lowest BCUT2D eigenvalue weighted by atomic mass is 10.1. The zero-order valence-electron chi connectivity index (χ0n) is 9.26. The van der Waals surface area contributed by atoms with Crippen molar-refractivity contribution in [3.63, 3.8) is 0 Å². The van der Waals surface area contributed by atoms with Gasteiger partial charge in [0.05, 0.1) is 0 Å². The Balaban J connectivity index is 2.03. The van der Waals surface area contributed by atoms with E-state index in [0.717, 1.165) is 12.8 Å². The maximum atomic E-state index is 11.7. The summed E-state index contributed by atoms with van der Waals surface area (Å²) >= 11 is 0. The van der Waals surface area contributed by atoms with Crippen LogP contribution in [0.15, 0.2) is 12.7 Å². The molecule has 1 aliphatic heterocycles. The molecule has 16 heavy (non-hydrogen) atoms. The topological polar surface area (TPSA) is 57.6 Å². The summed E-state index contributed by atoms with van der Waals surface area (Å²) in [5.74, 6) is -0.284. The van der Waals surface area contributed by atoms with Crippen molar-refractivity contribution < 1.29 is 14.7 Å². The third-order valence-corrected chi connectivity index (χ3v) is 3.44. The van der Waals surface area contributed by atoms with E-state index in [1.54, 1.807) is 6.08 Å².